The number of nitrogens with zero attached hydrogens (tertiary/aromatic N) is 1. The fourth-order valence-corrected chi connectivity index (χ4v) is 2.12. The molecule has 1 aliphatic heterocycles. The number of aliphatic carboxylic acids is 1. The smallest absolute Gasteiger partial charge is 0.309 e. The van der Waals surface area contributed by atoms with Gasteiger partial charge in [-0.05, 0) is 32.6 Å². The highest BCUT2D eigenvalue weighted by atomic mass is 16.4. The average Bonchev–Trinajstić information content (AvgIpc) is 2.35. The second kappa shape index (κ2) is 6.44. The lowest BCUT2D eigenvalue weighted by Gasteiger charge is -2.36. The highest BCUT2D eigenvalue weighted by Crippen LogP contribution is 2.31. The van der Waals surface area contributed by atoms with Crippen LogP contribution in [0.4, 0.5) is 0 Å². The maximum atomic E-state index is 11.9. The van der Waals surface area contributed by atoms with E-state index in [2.05, 4.69) is 5.92 Å². The summed E-state index contributed by atoms with van der Waals surface area (Å²) in [6, 6.07) is 0. The first kappa shape index (κ1) is 14.6. The van der Waals surface area contributed by atoms with Crippen molar-refractivity contribution in [1.29, 1.82) is 0 Å². The van der Waals surface area contributed by atoms with Gasteiger partial charge in [0, 0.05) is 25.9 Å². The molecule has 0 aromatic heterocycles. The lowest BCUT2D eigenvalue weighted by atomic mass is 9.80. The van der Waals surface area contributed by atoms with Gasteiger partial charge in [-0.1, -0.05) is 0 Å². The van der Waals surface area contributed by atoms with Gasteiger partial charge in [0.2, 0.25) is 5.91 Å². The van der Waals surface area contributed by atoms with Crippen LogP contribution in [0.25, 0.3) is 0 Å². The van der Waals surface area contributed by atoms with E-state index >= 15 is 0 Å². The zero-order valence-corrected chi connectivity index (χ0v) is 10.9. The zero-order chi connectivity index (χ0) is 13.6. The van der Waals surface area contributed by atoms with E-state index in [4.69, 9.17) is 11.5 Å². The molecule has 18 heavy (non-hydrogen) atoms. The summed E-state index contributed by atoms with van der Waals surface area (Å²) >= 11 is 0. The van der Waals surface area contributed by atoms with E-state index in [1.807, 2.05) is 0 Å². The van der Waals surface area contributed by atoms with Crippen LogP contribution in [0.15, 0.2) is 0 Å². The van der Waals surface area contributed by atoms with Crippen LogP contribution >= 0.6 is 0 Å². The molecule has 1 N–H and O–H groups in total. The SMILES string of the molecule is C#CCCCCC(=O)N1CCC(C)(C(=O)O)CC1. The monoisotopic (exact) mass is 251 g/mol. The Morgan fingerprint density at radius 3 is 2.44 bits per heavy atom. The van der Waals surface area contributed by atoms with Crippen LogP contribution in [0.2, 0.25) is 0 Å². The van der Waals surface area contributed by atoms with Crippen molar-refractivity contribution in [2.24, 2.45) is 5.41 Å². The number of terminal acetylenes is 1. The number of carboxylic acid groups (broad SMARTS) is 1. The van der Waals surface area contributed by atoms with Gasteiger partial charge in [-0.25, -0.2) is 0 Å². The molecule has 0 spiro atoms. The van der Waals surface area contributed by atoms with Crippen LogP contribution in [0.5, 0.6) is 0 Å². The Bertz CT molecular complexity index is 349. The number of amides is 1. The number of piperidine rings is 1. The molecule has 1 saturated heterocycles. The third kappa shape index (κ3) is 3.76. The van der Waals surface area contributed by atoms with Gasteiger partial charge in [-0.15, -0.1) is 12.3 Å². The van der Waals surface area contributed by atoms with Crippen LogP contribution in [-0.4, -0.2) is 35.0 Å². The average molecular weight is 251 g/mol. The van der Waals surface area contributed by atoms with E-state index in [-0.39, 0.29) is 5.91 Å². The first-order chi connectivity index (χ1) is 8.49. The predicted molar refractivity (Wildman–Crippen MR) is 68.9 cm³/mol. The third-order valence-electron chi connectivity index (χ3n) is 3.70. The van der Waals surface area contributed by atoms with Crippen molar-refractivity contribution >= 4 is 11.9 Å². The van der Waals surface area contributed by atoms with E-state index in [1.165, 1.54) is 0 Å². The fourth-order valence-electron chi connectivity index (χ4n) is 2.12. The lowest BCUT2D eigenvalue weighted by molar-refractivity contribution is -0.153. The Hall–Kier alpha value is -1.50. The fraction of sp³-hybridized carbons (Fsp3) is 0.714. The van der Waals surface area contributed by atoms with E-state index in [0.717, 1.165) is 12.8 Å². The second-order valence-corrected chi connectivity index (χ2v) is 5.16. The summed E-state index contributed by atoms with van der Waals surface area (Å²) in [5.41, 5.74) is -0.666. The van der Waals surface area contributed by atoms with E-state index in [1.54, 1.807) is 11.8 Å². The van der Waals surface area contributed by atoms with Gasteiger partial charge in [-0.3, -0.25) is 9.59 Å². The molecule has 1 amide bonds. The number of hydrogen-bond acceptors (Lipinski definition) is 2. The Balaban J connectivity index is 2.32. The van der Waals surface area contributed by atoms with Crippen molar-refractivity contribution < 1.29 is 14.7 Å². The maximum Gasteiger partial charge on any atom is 0.309 e. The number of carbonyl (C=O) groups excluding carboxylic acids is 1. The van der Waals surface area contributed by atoms with Gasteiger partial charge < -0.3 is 10.0 Å². The van der Waals surface area contributed by atoms with Crippen molar-refractivity contribution in [2.45, 2.75) is 45.4 Å². The van der Waals surface area contributed by atoms with Crippen molar-refractivity contribution in [2.75, 3.05) is 13.1 Å². The van der Waals surface area contributed by atoms with Gasteiger partial charge in [-0.2, -0.15) is 0 Å². The standard InChI is InChI=1S/C14H21NO3/c1-3-4-5-6-7-12(16)15-10-8-14(2,9-11-15)13(17)18/h1H,4-11H2,2H3,(H,17,18). The molecule has 0 saturated carbocycles. The first-order valence-corrected chi connectivity index (χ1v) is 6.44. The first-order valence-electron chi connectivity index (χ1n) is 6.44. The number of unbranched alkanes of at least 4 members (excludes halogenated alkanes) is 2. The van der Waals surface area contributed by atoms with Gasteiger partial charge in [0.15, 0.2) is 0 Å². The summed E-state index contributed by atoms with van der Waals surface area (Å²) in [6.07, 6.45) is 9.15. The van der Waals surface area contributed by atoms with E-state index < -0.39 is 11.4 Å². The molecule has 0 bridgehead atoms. The van der Waals surface area contributed by atoms with Gasteiger partial charge in [0.1, 0.15) is 0 Å². The van der Waals surface area contributed by atoms with Gasteiger partial charge in [0.05, 0.1) is 5.41 Å². The topological polar surface area (TPSA) is 57.6 Å². The number of carbonyl (C=O) groups is 2. The number of carboxylic acids is 1. The van der Waals surface area contributed by atoms with Crippen molar-refractivity contribution in [3.63, 3.8) is 0 Å². The number of hydrogen-bond donors (Lipinski definition) is 1. The molecule has 0 atom stereocenters. The largest absolute Gasteiger partial charge is 0.481 e. The molecule has 0 aromatic carbocycles. The number of rotatable bonds is 5. The summed E-state index contributed by atoms with van der Waals surface area (Å²) in [4.78, 5) is 24.7. The summed E-state index contributed by atoms with van der Waals surface area (Å²) in [6.45, 7) is 2.86. The zero-order valence-electron chi connectivity index (χ0n) is 10.9. The molecule has 1 aliphatic rings. The molecular formula is C14H21NO3. The minimum atomic E-state index is -0.761. The molecule has 100 valence electrons. The molecule has 0 unspecified atom stereocenters. The van der Waals surface area contributed by atoms with Crippen LogP contribution in [-0.2, 0) is 9.59 Å². The Morgan fingerprint density at radius 1 is 1.33 bits per heavy atom. The molecule has 4 heteroatoms. The van der Waals surface area contributed by atoms with E-state index in [9.17, 15) is 9.59 Å². The lowest BCUT2D eigenvalue weighted by Crippen LogP contribution is -2.45. The highest BCUT2D eigenvalue weighted by molar-refractivity contribution is 5.78. The Morgan fingerprint density at radius 2 is 1.94 bits per heavy atom. The normalized spacial score (nSPS) is 18.1. The van der Waals surface area contributed by atoms with Crippen LogP contribution in [0.1, 0.15) is 45.4 Å². The molecule has 1 fully saturated rings. The molecule has 1 rings (SSSR count). The van der Waals surface area contributed by atoms with Crippen LogP contribution in [0.3, 0.4) is 0 Å². The summed E-state index contributed by atoms with van der Waals surface area (Å²) in [5, 5.41) is 9.10. The minimum absolute atomic E-state index is 0.125. The third-order valence-corrected chi connectivity index (χ3v) is 3.70. The Labute approximate surface area is 108 Å². The van der Waals surface area contributed by atoms with Crippen LogP contribution < -0.4 is 0 Å². The van der Waals surface area contributed by atoms with Crippen molar-refractivity contribution in [1.82, 2.24) is 4.90 Å². The molecule has 0 aromatic rings. The predicted octanol–water partition coefficient (Wildman–Crippen LogP) is 1.89. The van der Waals surface area contributed by atoms with Crippen LogP contribution in [0, 0.1) is 17.8 Å². The molecule has 0 radical (unpaired) electrons. The molecule has 1 heterocycles. The van der Waals surface area contributed by atoms with Crippen molar-refractivity contribution in [3.05, 3.63) is 0 Å². The van der Waals surface area contributed by atoms with Crippen molar-refractivity contribution in [3.8, 4) is 12.3 Å². The minimum Gasteiger partial charge on any atom is -0.481 e. The van der Waals surface area contributed by atoms with Gasteiger partial charge >= 0.3 is 5.97 Å². The molecular weight excluding hydrogens is 230 g/mol. The molecule has 0 aliphatic carbocycles. The maximum absolute atomic E-state index is 11.9. The summed E-state index contributed by atoms with van der Waals surface area (Å²) in [7, 11) is 0. The summed E-state index contributed by atoms with van der Waals surface area (Å²) in [5.74, 6) is 1.92. The summed E-state index contributed by atoms with van der Waals surface area (Å²) < 4.78 is 0. The highest BCUT2D eigenvalue weighted by Gasteiger charge is 2.37. The second-order valence-electron chi connectivity index (χ2n) is 5.16. The molecule has 4 nitrogen and oxygen atoms in total. The quantitative estimate of drug-likeness (QED) is 0.599. The van der Waals surface area contributed by atoms with E-state index in [0.29, 0.717) is 38.8 Å². The van der Waals surface area contributed by atoms with Gasteiger partial charge in [0.25, 0.3) is 0 Å². The Kier molecular flexibility index (Phi) is 5.21. The number of likely N-dealkylation sites (tertiary alicyclic amines) is 1.